The number of ether oxygens (including phenoxy) is 1. The lowest BCUT2D eigenvalue weighted by Gasteiger charge is -2.22. The maximum Gasteiger partial charge on any atom is 0.255 e. The number of likely N-dealkylation sites (tertiary alicyclic amines) is 1. The summed E-state index contributed by atoms with van der Waals surface area (Å²) in [7, 11) is -3.75. The van der Waals surface area contributed by atoms with Gasteiger partial charge in [0, 0.05) is 24.5 Å². The molecule has 1 N–H and O–H groups in total. The van der Waals surface area contributed by atoms with Crippen LogP contribution in [-0.2, 0) is 10.0 Å². The summed E-state index contributed by atoms with van der Waals surface area (Å²) in [6, 6.07) is 12.4. The van der Waals surface area contributed by atoms with Crippen molar-refractivity contribution >= 4 is 27.7 Å². The molecule has 1 amide bonds. The minimum Gasteiger partial charge on any atom is -0.492 e. The first-order chi connectivity index (χ1) is 14.9. The van der Waals surface area contributed by atoms with Gasteiger partial charge in [0.15, 0.2) is 0 Å². The Balaban J connectivity index is 1.69. The van der Waals surface area contributed by atoms with Crippen LogP contribution in [0, 0.1) is 6.92 Å². The number of nitrogens with zero attached hydrogens (tertiary/aromatic N) is 1. The number of carbonyl (C=O) groups is 1. The van der Waals surface area contributed by atoms with Crippen LogP contribution in [0.3, 0.4) is 0 Å². The molecule has 3 rings (SSSR count). The van der Waals surface area contributed by atoms with Crippen molar-refractivity contribution in [2.24, 2.45) is 0 Å². The smallest absolute Gasteiger partial charge is 0.255 e. The Morgan fingerprint density at radius 2 is 1.81 bits per heavy atom. The predicted molar refractivity (Wildman–Crippen MR) is 124 cm³/mol. The second kappa shape index (κ2) is 11.0. The second-order valence-corrected chi connectivity index (χ2v) is 10.2. The number of nitrogens with one attached hydrogen (secondary N) is 1. The van der Waals surface area contributed by atoms with Gasteiger partial charge in [-0.15, -0.1) is 11.8 Å². The molecule has 168 valence electrons. The van der Waals surface area contributed by atoms with Crippen LogP contribution >= 0.6 is 11.8 Å². The average Bonchev–Trinajstić information content (AvgIpc) is 3.06. The topological polar surface area (TPSA) is 75.7 Å². The lowest BCUT2D eigenvalue weighted by molar-refractivity contribution is 0.0758. The zero-order valence-corrected chi connectivity index (χ0v) is 19.7. The first-order valence-corrected chi connectivity index (χ1v) is 13.3. The van der Waals surface area contributed by atoms with Crippen LogP contribution in [0.15, 0.2) is 52.3 Å². The normalized spacial score (nSPS) is 14.8. The molecular formula is C23H30N2O4S2. The first kappa shape index (κ1) is 23.6. The fourth-order valence-corrected chi connectivity index (χ4v) is 5.21. The number of carbonyl (C=O) groups excluding carboxylic acids is 1. The number of thioether (sulfide) groups is 1. The van der Waals surface area contributed by atoms with Gasteiger partial charge in [0.25, 0.3) is 5.91 Å². The number of sulfonamides is 1. The summed E-state index contributed by atoms with van der Waals surface area (Å²) in [5, 5.41) is 0. The molecule has 1 aliphatic heterocycles. The number of aryl methyl sites for hydroxylation is 1. The largest absolute Gasteiger partial charge is 0.492 e. The summed E-state index contributed by atoms with van der Waals surface area (Å²) in [6.07, 6.45) is 6.12. The summed E-state index contributed by atoms with van der Waals surface area (Å²) in [6.45, 7) is 3.73. The van der Waals surface area contributed by atoms with Gasteiger partial charge in [-0.25, -0.2) is 13.1 Å². The first-order valence-electron chi connectivity index (χ1n) is 10.6. The molecule has 0 aliphatic carbocycles. The minimum atomic E-state index is -3.75. The molecule has 0 bridgehead atoms. The molecule has 0 radical (unpaired) electrons. The monoisotopic (exact) mass is 462 g/mol. The summed E-state index contributed by atoms with van der Waals surface area (Å²) < 4.78 is 33.9. The van der Waals surface area contributed by atoms with Crippen molar-refractivity contribution in [2.75, 3.05) is 32.5 Å². The maximum absolute atomic E-state index is 13.1. The van der Waals surface area contributed by atoms with E-state index in [2.05, 4.69) is 4.72 Å². The van der Waals surface area contributed by atoms with Crippen molar-refractivity contribution in [3.63, 3.8) is 0 Å². The molecule has 1 fully saturated rings. The van der Waals surface area contributed by atoms with E-state index in [0.717, 1.165) is 55.0 Å². The molecule has 0 unspecified atom stereocenters. The highest BCUT2D eigenvalue weighted by Gasteiger charge is 2.23. The van der Waals surface area contributed by atoms with E-state index >= 15 is 0 Å². The van der Waals surface area contributed by atoms with E-state index < -0.39 is 10.0 Å². The summed E-state index contributed by atoms with van der Waals surface area (Å²) >= 11 is 1.45. The fraction of sp³-hybridized carbons (Fsp3) is 0.435. The van der Waals surface area contributed by atoms with E-state index in [0.29, 0.717) is 5.56 Å². The van der Waals surface area contributed by atoms with Gasteiger partial charge in [0.2, 0.25) is 10.0 Å². The molecule has 2 aromatic carbocycles. The molecule has 8 heteroatoms. The Bertz CT molecular complexity index is 1000. The Hall–Kier alpha value is -2.03. The zero-order valence-electron chi connectivity index (χ0n) is 18.1. The van der Waals surface area contributed by atoms with Gasteiger partial charge >= 0.3 is 0 Å². The third-order valence-corrected chi connectivity index (χ3v) is 7.60. The fourth-order valence-electron chi connectivity index (χ4n) is 3.60. The molecule has 0 atom stereocenters. The molecule has 31 heavy (non-hydrogen) atoms. The van der Waals surface area contributed by atoms with Crippen LogP contribution < -0.4 is 9.46 Å². The standard InChI is InChI=1S/C23H30N2O4S2/c1-18-9-5-6-10-21(18)29-16-13-24-31(27,28)19-11-12-22(30-2)20(17-19)23(26)25-14-7-3-4-8-15-25/h5-6,9-12,17,24H,3-4,7-8,13-16H2,1-2H3. The Morgan fingerprint density at radius 1 is 1.10 bits per heavy atom. The van der Waals surface area contributed by atoms with Crippen LogP contribution in [0.25, 0.3) is 0 Å². The van der Waals surface area contributed by atoms with Crippen molar-refractivity contribution in [2.45, 2.75) is 42.4 Å². The van der Waals surface area contributed by atoms with Crippen molar-refractivity contribution in [3.05, 3.63) is 53.6 Å². The number of hydrogen-bond acceptors (Lipinski definition) is 5. The van der Waals surface area contributed by atoms with E-state index in [1.54, 1.807) is 12.1 Å². The number of rotatable bonds is 8. The number of amides is 1. The van der Waals surface area contributed by atoms with Crippen LogP contribution in [-0.4, -0.2) is 51.7 Å². The molecule has 0 saturated carbocycles. The molecule has 1 saturated heterocycles. The van der Waals surface area contributed by atoms with Crippen molar-refractivity contribution < 1.29 is 17.9 Å². The average molecular weight is 463 g/mol. The zero-order chi connectivity index (χ0) is 22.3. The van der Waals surface area contributed by atoms with Crippen LogP contribution in [0.1, 0.15) is 41.6 Å². The molecular weight excluding hydrogens is 432 g/mol. The van der Waals surface area contributed by atoms with E-state index in [-0.39, 0.29) is 24.0 Å². The van der Waals surface area contributed by atoms with E-state index in [4.69, 9.17) is 4.74 Å². The van der Waals surface area contributed by atoms with Crippen LogP contribution in [0.2, 0.25) is 0 Å². The van der Waals surface area contributed by atoms with Gasteiger partial charge in [-0.3, -0.25) is 4.79 Å². The Morgan fingerprint density at radius 3 is 2.48 bits per heavy atom. The Labute approximate surface area is 189 Å². The molecule has 1 heterocycles. The summed E-state index contributed by atoms with van der Waals surface area (Å²) in [4.78, 5) is 15.9. The number of para-hydroxylation sites is 1. The lowest BCUT2D eigenvalue weighted by atomic mass is 10.2. The SMILES string of the molecule is CSc1ccc(S(=O)(=O)NCCOc2ccccc2C)cc1C(=O)N1CCCCCC1. The number of hydrogen-bond donors (Lipinski definition) is 1. The quantitative estimate of drug-likeness (QED) is 0.472. The molecule has 2 aromatic rings. The van der Waals surface area contributed by atoms with Crippen LogP contribution in [0.4, 0.5) is 0 Å². The highest BCUT2D eigenvalue weighted by Crippen LogP contribution is 2.26. The second-order valence-electron chi connectivity index (χ2n) is 7.58. The van der Waals surface area contributed by atoms with E-state index in [1.165, 1.54) is 17.8 Å². The minimum absolute atomic E-state index is 0.0915. The van der Waals surface area contributed by atoms with Crippen molar-refractivity contribution in [1.29, 1.82) is 0 Å². The van der Waals surface area contributed by atoms with E-state index in [1.807, 2.05) is 42.3 Å². The molecule has 6 nitrogen and oxygen atoms in total. The van der Waals surface area contributed by atoms with Crippen LogP contribution in [0.5, 0.6) is 5.75 Å². The van der Waals surface area contributed by atoms with E-state index in [9.17, 15) is 13.2 Å². The van der Waals surface area contributed by atoms with Gasteiger partial charge in [-0.1, -0.05) is 31.0 Å². The molecule has 0 spiro atoms. The third-order valence-electron chi connectivity index (χ3n) is 5.35. The Kier molecular flexibility index (Phi) is 8.40. The molecule has 1 aliphatic rings. The van der Waals surface area contributed by atoms with Gasteiger partial charge in [0.05, 0.1) is 10.5 Å². The lowest BCUT2D eigenvalue weighted by Crippen LogP contribution is -2.33. The summed E-state index contributed by atoms with van der Waals surface area (Å²) in [5.41, 5.74) is 1.45. The highest BCUT2D eigenvalue weighted by molar-refractivity contribution is 7.98. The summed E-state index contributed by atoms with van der Waals surface area (Å²) in [5.74, 6) is 0.641. The van der Waals surface area contributed by atoms with Crippen molar-refractivity contribution in [3.8, 4) is 5.75 Å². The van der Waals surface area contributed by atoms with Crippen molar-refractivity contribution in [1.82, 2.24) is 9.62 Å². The van der Waals surface area contributed by atoms with Gasteiger partial charge in [-0.2, -0.15) is 0 Å². The maximum atomic E-state index is 13.1. The van der Waals surface area contributed by atoms with Gasteiger partial charge < -0.3 is 9.64 Å². The van der Waals surface area contributed by atoms with Gasteiger partial charge in [0.1, 0.15) is 12.4 Å². The highest BCUT2D eigenvalue weighted by atomic mass is 32.2. The number of benzene rings is 2. The third kappa shape index (κ3) is 6.24. The van der Waals surface area contributed by atoms with Gasteiger partial charge in [-0.05, 0) is 55.9 Å². The predicted octanol–water partition coefficient (Wildman–Crippen LogP) is 4.09. The molecule has 0 aromatic heterocycles.